The Labute approximate surface area is 227 Å². The zero-order valence-electron chi connectivity index (χ0n) is 23.1. The third-order valence-electron chi connectivity index (χ3n) is 7.77. The Hall–Kier alpha value is -3.04. The zero-order chi connectivity index (χ0) is 27.3. The summed E-state index contributed by atoms with van der Waals surface area (Å²) in [6.07, 6.45) is 2.05. The van der Waals surface area contributed by atoms with E-state index < -0.39 is 19.7 Å². The van der Waals surface area contributed by atoms with Crippen molar-refractivity contribution < 1.29 is 23.1 Å². The molecule has 0 spiro atoms. The van der Waals surface area contributed by atoms with Gasteiger partial charge in [0.05, 0.1) is 0 Å². The Morgan fingerprint density at radius 1 is 0.842 bits per heavy atom. The first kappa shape index (κ1) is 28.0. The van der Waals surface area contributed by atoms with Gasteiger partial charge in [-0.3, -0.25) is 4.79 Å². The van der Waals surface area contributed by atoms with Crippen molar-refractivity contribution in [3.63, 3.8) is 0 Å². The van der Waals surface area contributed by atoms with Gasteiger partial charge in [0.25, 0.3) is 0 Å². The maximum Gasteiger partial charge on any atom is 0.441 e. The van der Waals surface area contributed by atoms with Crippen LogP contribution in [0.5, 0.6) is 11.5 Å². The Kier molecular flexibility index (Phi) is 8.67. The van der Waals surface area contributed by atoms with E-state index in [0.29, 0.717) is 17.4 Å². The lowest BCUT2D eigenvalue weighted by Crippen LogP contribution is -2.43. The molecule has 3 aromatic rings. The molecule has 38 heavy (non-hydrogen) atoms. The fourth-order valence-electron chi connectivity index (χ4n) is 5.43. The van der Waals surface area contributed by atoms with Gasteiger partial charge >= 0.3 is 13.6 Å². The fraction of sp³-hybridized carbons (Fsp3) is 0.406. The molecule has 0 amide bonds. The Bertz CT molecular complexity index is 1230. The second-order valence-electron chi connectivity index (χ2n) is 11.1. The molecule has 0 radical (unpaired) electrons. The number of hydrogen-bond acceptors (Lipinski definition) is 5. The van der Waals surface area contributed by atoms with Gasteiger partial charge in [-0.15, -0.1) is 0 Å². The Morgan fingerprint density at radius 3 is 1.92 bits per heavy atom. The molecule has 0 aliphatic heterocycles. The summed E-state index contributed by atoms with van der Waals surface area (Å²) in [7, 11) is -3.95. The molecule has 0 heterocycles. The first-order valence-corrected chi connectivity index (χ1v) is 15.1. The van der Waals surface area contributed by atoms with E-state index in [1.165, 1.54) is 5.56 Å². The molecule has 1 fully saturated rings. The van der Waals surface area contributed by atoms with Gasteiger partial charge in [-0.25, -0.2) is 4.57 Å². The minimum atomic E-state index is -3.95. The SMILES string of the molecule is Cc1ccccc1OP(=O)(CC(=O)O[C@@H]1C[C@H](C)CC[C@H]1C(C)(C)c1ccccc1)Oc1ccccc1C. The molecule has 5 nitrogen and oxygen atoms in total. The molecule has 0 saturated heterocycles. The third kappa shape index (κ3) is 6.69. The molecule has 1 saturated carbocycles. The van der Waals surface area contributed by atoms with Crippen LogP contribution in [0.1, 0.15) is 56.7 Å². The van der Waals surface area contributed by atoms with Gasteiger partial charge in [0.15, 0.2) is 6.16 Å². The van der Waals surface area contributed by atoms with Gasteiger partial charge in [-0.1, -0.05) is 93.9 Å². The molecule has 4 rings (SSSR count). The highest BCUT2D eigenvalue weighted by molar-refractivity contribution is 7.55. The number of esters is 1. The van der Waals surface area contributed by atoms with Gasteiger partial charge in [-0.05, 0) is 66.8 Å². The second kappa shape index (κ2) is 11.8. The molecule has 3 atom stereocenters. The average molecular weight is 535 g/mol. The van der Waals surface area contributed by atoms with Gasteiger partial charge in [0.2, 0.25) is 0 Å². The van der Waals surface area contributed by atoms with Crippen LogP contribution in [0.3, 0.4) is 0 Å². The molecule has 1 aliphatic rings. The number of carbonyl (C=O) groups excluding carboxylic acids is 1. The number of ether oxygens (including phenoxy) is 1. The van der Waals surface area contributed by atoms with E-state index in [9.17, 15) is 9.36 Å². The van der Waals surface area contributed by atoms with E-state index in [2.05, 4.69) is 32.9 Å². The number of carbonyl (C=O) groups is 1. The van der Waals surface area contributed by atoms with Crippen molar-refractivity contribution in [2.75, 3.05) is 6.16 Å². The molecule has 3 aromatic carbocycles. The van der Waals surface area contributed by atoms with Crippen LogP contribution < -0.4 is 9.05 Å². The lowest BCUT2D eigenvalue weighted by atomic mass is 9.64. The van der Waals surface area contributed by atoms with Gasteiger partial charge in [0.1, 0.15) is 17.6 Å². The minimum Gasteiger partial charge on any atom is -0.461 e. The fourth-order valence-corrected chi connectivity index (χ4v) is 7.00. The predicted octanol–water partition coefficient (Wildman–Crippen LogP) is 8.28. The summed E-state index contributed by atoms with van der Waals surface area (Å²) in [5, 5.41) is 0. The highest BCUT2D eigenvalue weighted by atomic mass is 31.2. The van der Waals surface area contributed by atoms with Crippen LogP contribution in [0.4, 0.5) is 0 Å². The van der Waals surface area contributed by atoms with E-state index >= 15 is 0 Å². The molecule has 0 bridgehead atoms. The molecule has 202 valence electrons. The zero-order valence-corrected chi connectivity index (χ0v) is 23.9. The normalized spacial score (nSPS) is 20.0. The van der Waals surface area contributed by atoms with Crippen molar-refractivity contribution in [2.24, 2.45) is 11.8 Å². The van der Waals surface area contributed by atoms with Crippen molar-refractivity contribution in [1.82, 2.24) is 0 Å². The lowest BCUT2D eigenvalue weighted by Gasteiger charge is -2.44. The van der Waals surface area contributed by atoms with Crippen LogP contribution >= 0.6 is 7.60 Å². The second-order valence-corrected chi connectivity index (χ2v) is 13.0. The molecule has 0 aromatic heterocycles. The summed E-state index contributed by atoms with van der Waals surface area (Å²) in [4.78, 5) is 13.4. The molecule has 1 aliphatic carbocycles. The summed E-state index contributed by atoms with van der Waals surface area (Å²) < 4.78 is 32.2. The van der Waals surface area contributed by atoms with Gasteiger partial charge < -0.3 is 13.8 Å². The molecular weight excluding hydrogens is 495 g/mol. The van der Waals surface area contributed by atoms with Crippen molar-refractivity contribution in [3.8, 4) is 11.5 Å². The smallest absolute Gasteiger partial charge is 0.441 e. The number of rotatable bonds is 9. The molecular formula is C32H39O5P. The van der Waals surface area contributed by atoms with E-state index in [4.69, 9.17) is 13.8 Å². The maximum atomic E-state index is 14.1. The van der Waals surface area contributed by atoms with Gasteiger partial charge in [-0.2, -0.15) is 0 Å². The quantitative estimate of drug-likeness (QED) is 0.204. The van der Waals surface area contributed by atoms with Crippen molar-refractivity contribution in [2.45, 2.75) is 65.4 Å². The van der Waals surface area contributed by atoms with Crippen LogP contribution in [-0.4, -0.2) is 18.2 Å². The summed E-state index contributed by atoms with van der Waals surface area (Å²) in [6.45, 7) is 10.4. The van der Waals surface area contributed by atoms with Gasteiger partial charge in [0, 0.05) is 5.92 Å². The number of benzene rings is 3. The molecule has 0 N–H and O–H groups in total. The lowest BCUT2D eigenvalue weighted by molar-refractivity contribution is -0.153. The van der Waals surface area contributed by atoms with Crippen LogP contribution in [0.25, 0.3) is 0 Å². The van der Waals surface area contributed by atoms with Crippen LogP contribution in [0, 0.1) is 25.7 Å². The van der Waals surface area contributed by atoms with Crippen molar-refractivity contribution >= 4 is 13.6 Å². The largest absolute Gasteiger partial charge is 0.461 e. The van der Waals surface area contributed by atoms with Crippen molar-refractivity contribution in [3.05, 3.63) is 95.6 Å². The Morgan fingerprint density at radius 2 is 1.37 bits per heavy atom. The van der Waals surface area contributed by atoms with Crippen LogP contribution in [0.2, 0.25) is 0 Å². The standard InChI is InChI=1S/C32H39O5P/c1-23-19-20-27(32(4,5)26-15-7-6-8-16-26)30(21-23)35-31(33)22-38(34,36-28-17-11-9-13-24(28)2)37-29-18-12-10-14-25(29)3/h6-18,23,27,30H,19-22H2,1-5H3/t23-,27-,30-/m1/s1. The van der Waals surface area contributed by atoms with E-state index in [-0.39, 0.29) is 17.4 Å². The summed E-state index contributed by atoms with van der Waals surface area (Å²) in [6, 6.07) is 24.9. The average Bonchev–Trinajstić information content (AvgIpc) is 2.87. The van der Waals surface area contributed by atoms with Crippen molar-refractivity contribution in [1.29, 1.82) is 0 Å². The maximum absolute atomic E-state index is 14.1. The first-order chi connectivity index (χ1) is 18.1. The third-order valence-corrected chi connectivity index (χ3v) is 9.36. The van der Waals surface area contributed by atoms with E-state index in [1.54, 1.807) is 24.3 Å². The Balaban J connectivity index is 1.57. The first-order valence-electron chi connectivity index (χ1n) is 13.4. The molecule has 0 unspecified atom stereocenters. The predicted molar refractivity (Wildman–Crippen MR) is 152 cm³/mol. The van der Waals surface area contributed by atoms with Crippen LogP contribution in [0.15, 0.2) is 78.9 Å². The highest BCUT2D eigenvalue weighted by Crippen LogP contribution is 2.50. The van der Waals surface area contributed by atoms with E-state index in [1.807, 2.05) is 56.3 Å². The number of para-hydroxylation sites is 2. The number of aryl methyl sites for hydroxylation is 2. The number of hydrogen-bond donors (Lipinski definition) is 0. The minimum absolute atomic E-state index is 0.138. The molecule has 6 heteroatoms. The summed E-state index contributed by atoms with van der Waals surface area (Å²) in [5.74, 6) is 0.856. The van der Waals surface area contributed by atoms with E-state index in [0.717, 1.165) is 30.4 Å². The van der Waals surface area contributed by atoms with Crippen LogP contribution in [-0.2, 0) is 19.5 Å². The summed E-state index contributed by atoms with van der Waals surface area (Å²) >= 11 is 0. The highest BCUT2D eigenvalue weighted by Gasteiger charge is 2.43. The monoisotopic (exact) mass is 534 g/mol. The topological polar surface area (TPSA) is 61.8 Å². The summed E-state index contributed by atoms with van der Waals surface area (Å²) in [5.41, 5.74) is 2.64.